The minimum Gasteiger partial charge on any atom is -0.478 e. The van der Waals surface area contributed by atoms with Gasteiger partial charge in [0.15, 0.2) is 0 Å². The first-order chi connectivity index (χ1) is 5.04. The first kappa shape index (κ1) is 9.95. The monoisotopic (exact) mass is 154 g/mol. The molecule has 0 heterocycles. The van der Waals surface area contributed by atoms with Gasteiger partial charge in [-0.1, -0.05) is 32.1 Å². The number of hydrogen-bond donors (Lipinski definition) is 1. The Kier molecular flexibility index (Phi) is 4.27. The quantitative estimate of drug-likeness (QED) is 0.498. The van der Waals surface area contributed by atoms with Crippen molar-refractivity contribution in [2.45, 2.75) is 20.3 Å². The zero-order valence-corrected chi connectivity index (χ0v) is 7.00. The average molecular weight is 154 g/mol. The number of hydrogen-bond acceptors (Lipinski definition) is 1. The van der Waals surface area contributed by atoms with Gasteiger partial charge in [0.1, 0.15) is 0 Å². The first-order valence-corrected chi connectivity index (χ1v) is 3.61. The van der Waals surface area contributed by atoms with E-state index in [1.54, 1.807) is 6.08 Å². The second kappa shape index (κ2) is 4.72. The van der Waals surface area contributed by atoms with Crippen molar-refractivity contribution in [2.75, 3.05) is 0 Å². The van der Waals surface area contributed by atoms with Gasteiger partial charge < -0.3 is 5.11 Å². The van der Waals surface area contributed by atoms with E-state index in [0.29, 0.717) is 12.3 Å². The smallest absolute Gasteiger partial charge is 0.327 e. The topological polar surface area (TPSA) is 37.3 Å². The van der Waals surface area contributed by atoms with E-state index in [1.165, 1.54) is 0 Å². The molecule has 0 aliphatic rings. The van der Waals surface area contributed by atoms with Crippen LogP contribution in [-0.2, 0) is 4.79 Å². The van der Waals surface area contributed by atoms with Crippen molar-refractivity contribution in [1.82, 2.24) is 0 Å². The fourth-order valence-electron chi connectivity index (χ4n) is 0.547. The van der Waals surface area contributed by atoms with E-state index >= 15 is 0 Å². The number of carbonyl (C=O) groups is 1. The Morgan fingerprint density at radius 3 is 2.55 bits per heavy atom. The minimum atomic E-state index is -0.901. The van der Waals surface area contributed by atoms with Crippen molar-refractivity contribution < 1.29 is 9.90 Å². The highest BCUT2D eigenvalue weighted by molar-refractivity contribution is 5.79. The molecular formula is C9H14O2. The number of carboxylic acid groups (broad SMARTS) is 1. The van der Waals surface area contributed by atoms with Crippen molar-refractivity contribution in [3.05, 3.63) is 24.3 Å². The maximum Gasteiger partial charge on any atom is 0.327 e. The van der Waals surface area contributed by atoms with Crippen LogP contribution in [0.2, 0.25) is 0 Å². The number of rotatable bonds is 4. The molecule has 0 radical (unpaired) electrons. The Morgan fingerprint density at radius 2 is 2.18 bits per heavy atom. The average Bonchev–Trinajstić information content (AvgIpc) is 1.86. The van der Waals surface area contributed by atoms with Crippen LogP contribution in [0.3, 0.4) is 0 Å². The van der Waals surface area contributed by atoms with Crippen LogP contribution >= 0.6 is 0 Å². The Morgan fingerprint density at radius 1 is 1.64 bits per heavy atom. The number of aliphatic carboxylic acids is 1. The molecule has 0 bridgehead atoms. The predicted octanol–water partition coefficient (Wildman–Crippen LogP) is 2.23. The largest absolute Gasteiger partial charge is 0.478 e. The fourth-order valence-corrected chi connectivity index (χ4v) is 0.547. The lowest BCUT2D eigenvalue weighted by Crippen LogP contribution is -1.91. The highest BCUT2D eigenvalue weighted by Crippen LogP contribution is 2.10. The lowest BCUT2D eigenvalue weighted by Gasteiger charge is -2.04. The van der Waals surface area contributed by atoms with Gasteiger partial charge in [-0.15, -0.1) is 0 Å². The summed E-state index contributed by atoms with van der Waals surface area (Å²) < 4.78 is 0. The van der Waals surface area contributed by atoms with Gasteiger partial charge in [0.25, 0.3) is 0 Å². The summed E-state index contributed by atoms with van der Waals surface area (Å²) in [5, 5.41) is 8.25. The summed E-state index contributed by atoms with van der Waals surface area (Å²) in [6, 6.07) is 0. The van der Waals surface area contributed by atoms with E-state index in [1.807, 2.05) is 13.8 Å². The maximum absolute atomic E-state index is 10.0. The van der Waals surface area contributed by atoms with Crippen molar-refractivity contribution in [3.8, 4) is 0 Å². The Bertz CT molecular complexity index is 178. The molecule has 1 N–H and O–H groups in total. The van der Waals surface area contributed by atoms with Crippen LogP contribution in [0.25, 0.3) is 0 Å². The first-order valence-electron chi connectivity index (χ1n) is 3.61. The molecule has 2 heteroatoms. The summed E-state index contributed by atoms with van der Waals surface area (Å²) in [6.07, 6.45) is 3.42. The van der Waals surface area contributed by atoms with E-state index < -0.39 is 5.97 Å². The molecule has 0 rings (SSSR count). The third-order valence-corrected chi connectivity index (χ3v) is 1.46. The Balaban J connectivity index is 3.71. The van der Waals surface area contributed by atoms with Crippen molar-refractivity contribution in [1.29, 1.82) is 0 Å². The lowest BCUT2D eigenvalue weighted by molar-refractivity contribution is -0.131. The van der Waals surface area contributed by atoms with Crippen LogP contribution < -0.4 is 0 Å². The molecule has 11 heavy (non-hydrogen) atoms. The van der Waals surface area contributed by atoms with Crippen LogP contribution in [0, 0.1) is 5.92 Å². The summed E-state index contributed by atoms with van der Waals surface area (Å²) in [4.78, 5) is 10.0. The molecule has 0 aromatic carbocycles. The van der Waals surface area contributed by atoms with Crippen LogP contribution in [-0.4, -0.2) is 11.1 Å². The van der Waals surface area contributed by atoms with Crippen molar-refractivity contribution >= 4 is 5.97 Å². The van der Waals surface area contributed by atoms with E-state index in [0.717, 1.165) is 11.6 Å². The number of allylic oxidation sites excluding steroid dienone is 2. The molecule has 62 valence electrons. The highest BCUT2D eigenvalue weighted by Gasteiger charge is 1.96. The van der Waals surface area contributed by atoms with Crippen LogP contribution in [0.15, 0.2) is 24.3 Å². The molecular weight excluding hydrogens is 140 g/mol. The van der Waals surface area contributed by atoms with Gasteiger partial charge >= 0.3 is 5.97 Å². The van der Waals surface area contributed by atoms with Gasteiger partial charge in [-0.3, -0.25) is 0 Å². The predicted molar refractivity (Wildman–Crippen MR) is 45.4 cm³/mol. The SMILES string of the molecule is C=C(C/C=C\C(=O)O)C(C)C. The van der Waals surface area contributed by atoms with Crippen molar-refractivity contribution in [2.24, 2.45) is 5.92 Å². The molecule has 0 fully saturated rings. The molecule has 0 amide bonds. The van der Waals surface area contributed by atoms with Gasteiger partial charge in [0, 0.05) is 6.08 Å². The molecule has 0 spiro atoms. The van der Waals surface area contributed by atoms with Gasteiger partial charge in [0.05, 0.1) is 0 Å². The molecule has 0 aromatic heterocycles. The Hall–Kier alpha value is -1.05. The molecule has 0 aliphatic carbocycles. The summed E-state index contributed by atoms with van der Waals surface area (Å²) in [5.74, 6) is -0.477. The summed E-state index contributed by atoms with van der Waals surface area (Å²) in [7, 11) is 0. The lowest BCUT2D eigenvalue weighted by atomic mass is 10.0. The van der Waals surface area contributed by atoms with E-state index in [4.69, 9.17) is 5.11 Å². The minimum absolute atomic E-state index is 0.424. The Labute approximate surface area is 67.2 Å². The third-order valence-electron chi connectivity index (χ3n) is 1.46. The second-order valence-corrected chi connectivity index (χ2v) is 2.76. The van der Waals surface area contributed by atoms with E-state index in [-0.39, 0.29) is 0 Å². The van der Waals surface area contributed by atoms with Gasteiger partial charge in [-0.05, 0) is 12.3 Å². The van der Waals surface area contributed by atoms with Crippen LogP contribution in [0.5, 0.6) is 0 Å². The molecule has 0 saturated carbocycles. The maximum atomic E-state index is 10.0. The molecule has 0 unspecified atom stereocenters. The summed E-state index contributed by atoms with van der Waals surface area (Å²) in [6.45, 7) is 7.88. The summed E-state index contributed by atoms with van der Waals surface area (Å²) >= 11 is 0. The third kappa shape index (κ3) is 5.40. The molecule has 0 aromatic rings. The molecule has 0 atom stereocenters. The van der Waals surface area contributed by atoms with Crippen molar-refractivity contribution in [3.63, 3.8) is 0 Å². The highest BCUT2D eigenvalue weighted by atomic mass is 16.4. The molecule has 0 saturated heterocycles. The zero-order valence-electron chi connectivity index (χ0n) is 7.00. The van der Waals surface area contributed by atoms with Crippen LogP contribution in [0.1, 0.15) is 20.3 Å². The zero-order chi connectivity index (χ0) is 8.85. The van der Waals surface area contributed by atoms with Gasteiger partial charge in [-0.25, -0.2) is 4.79 Å². The number of carboxylic acids is 1. The molecule has 2 nitrogen and oxygen atoms in total. The van der Waals surface area contributed by atoms with Gasteiger partial charge in [-0.2, -0.15) is 0 Å². The standard InChI is InChI=1S/C9H14O2/c1-7(2)8(3)5-4-6-9(10)11/h4,6-7H,3,5H2,1-2H3,(H,10,11)/b6-4-. The van der Waals surface area contributed by atoms with E-state index in [9.17, 15) is 4.79 Å². The van der Waals surface area contributed by atoms with Gasteiger partial charge in [0.2, 0.25) is 0 Å². The fraction of sp³-hybridized carbons (Fsp3) is 0.444. The summed E-state index contributed by atoms with van der Waals surface area (Å²) in [5.41, 5.74) is 1.06. The second-order valence-electron chi connectivity index (χ2n) is 2.76. The van der Waals surface area contributed by atoms with Crippen LogP contribution in [0.4, 0.5) is 0 Å². The molecule has 0 aliphatic heterocycles. The normalized spacial score (nSPS) is 10.8. The van der Waals surface area contributed by atoms with E-state index in [2.05, 4.69) is 6.58 Å².